The summed E-state index contributed by atoms with van der Waals surface area (Å²) in [5, 5.41) is 0. The Labute approximate surface area is 65.8 Å². The van der Waals surface area contributed by atoms with E-state index in [0.29, 0.717) is 10.4 Å². The van der Waals surface area contributed by atoms with Crippen LogP contribution in [0.1, 0.15) is 6.42 Å². The molecule has 3 heteroatoms. The monoisotopic (exact) mass is 219 g/mol. The molecule has 0 aliphatic heterocycles. The summed E-state index contributed by atoms with van der Waals surface area (Å²) >= 11 is -3.19. The van der Waals surface area contributed by atoms with E-state index in [4.69, 9.17) is 12.8 Å². The predicted molar refractivity (Wildman–Crippen MR) is 29.7 cm³/mol. The van der Waals surface area contributed by atoms with Crippen molar-refractivity contribution < 1.29 is 24.0 Å². The molecule has 0 bridgehead atoms. The quantitative estimate of drug-likeness (QED) is 0.377. The molecule has 0 aromatic carbocycles. The second-order valence-corrected chi connectivity index (χ2v) is 3.94. The average molecular weight is 217 g/mol. The molecule has 1 aliphatic carbocycles. The van der Waals surface area contributed by atoms with Crippen molar-refractivity contribution in [2.24, 2.45) is 0 Å². The van der Waals surface area contributed by atoms with Crippen molar-refractivity contribution in [3.63, 3.8) is 0 Å². The fraction of sp³-hybridized carbons (Fsp3) is 0.143. The van der Waals surface area contributed by atoms with Crippen LogP contribution >= 0.6 is 0 Å². The Morgan fingerprint density at radius 3 is 2.20 bits per heavy atom. The summed E-state index contributed by atoms with van der Waals surface area (Å²) in [5.41, 5.74) is 0. The molecule has 0 unspecified atom stereocenters. The fourth-order valence-electron chi connectivity index (χ4n) is 0.551. The zero-order valence-electron chi connectivity index (χ0n) is 5.16. The molecule has 10 heavy (non-hydrogen) atoms. The summed E-state index contributed by atoms with van der Waals surface area (Å²) in [7, 11) is 0. The van der Waals surface area contributed by atoms with Gasteiger partial charge in [0, 0.05) is 0 Å². The zero-order chi connectivity index (χ0) is 7.98. The third-order valence-corrected chi connectivity index (χ3v) is 2.75. The topological polar surface area (TPSA) is 34.1 Å². The molecule has 0 saturated heterocycles. The van der Waals surface area contributed by atoms with Crippen LogP contribution in [0.15, 0.2) is 22.2 Å². The Bertz CT molecular complexity index is 236. The predicted octanol–water partition coefficient (Wildman–Crippen LogP) is 1.30. The van der Waals surface area contributed by atoms with E-state index in [1.165, 1.54) is 0 Å². The van der Waals surface area contributed by atoms with E-state index < -0.39 is 17.2 Å². The van der Waals surface area contributed by atoms with E-state index in [9.17, 15) is 6.80 Å². The Morgan fingerprint density at radius 2 is 2.00 bits per heavy atom. The normalized spacial score (nSPS) is 13.2. The Balaban J connectivity index is 0.000000371. The number of hydrogen-bond acceptors (Lipinski definition) is 2. The minimum absolute atomic E-state index is 0.619. The van der Waals surface area contributed by atoms with Gasteiger partial charge < -0.3 is 12.8 Å². The van der Waals surface area contributed by atoms with E-state index >= 15 is 0 Å². The SMILES string of the molecule is [C-]#[C-].[O]=[Mo+2](=[O])[C]1=CC=CC1. The molecule has 0 atom stereocenters. The van der Waals surface area contributed by atoms with Gasteiger partial charge in [-0.15, -0.1) is 0 Å². The van der Waals surface area contributed by atoms with Crippen LogP contribution in [0.5, 0.6) is 0 Å². The Hall–Kier alpha value is -0.672. The maximum atomic E-state index is 10.2. The molecule has 0 amide bonds. The number of allylic oxidation sites excluding steroid dienone is 4. The van der Waals surface area contributed by atoms with Crippen molar-refractivity contribution in [1.29, 1.82) is 0 Å². The molecule has 0 spiro atoms. The van der Waals surface area contributed by atoms with Gasteiger partial charge in [-0.1, -0.05) is 0 Å². The molecule has 0 N–H and O–H groups in total. The molecule has 0 aromatic heterocycles. The van der Waals surface area contributed by atoms with Crippen LogP contribution in [0.4, 0.5) is 0 Å². The molecular weight excluding hydrogens is 212 g/mol. The van der Waals surface area contributed by atoms with Crippen molar-refractivity contribution in [3.05, 3.63) is 35.0 Å². The second-order valence-electron chi connectivity index (χ2n) is 1.50. The second kappa shape index (κ2) is 5.14. The van der Waals surface area contributed by atoms with E-state index in [2.05, 4.69) is 0 Å². The van der Waals surface area contributed by atoms with E-state index in [0.717, 1.165) is 0 Å². The van der Waals surface area contributed by atoms with Crippen molar-refractivity contribution in [3.8, 4) is 0 Å². The van der Waals surface area contributed by atoms with Gasteiger partial charge in [-0.2, -0.15) is 0 Å². The van der Waals surface area contributed by atoms with Crippen molar-refractivity contribution in [2.45, 2.75) is 6.42 Å². The van der Waals surface area contributed by atoms with Crippen molar-refractivity contribution in [1.82, 2.24) is 0 Å². The first-order valence-electron chi connectivity index (χ1n) is 2.50. The van der Waals surface area contributed by atoms with Crippen LogP contribution in [-0.4, -0.2) is 0 Å². The third-order valence-electron chi connectivity index (χ3n) is 0.951. The van der Waals surface area contributed by atoms with Gasteiger partial charge >= 0.3 is 52.6 Å². The average Bonchev–Trinajstić information content (AvgIpc) is 2.42. The van der Waals surface area contributed by atoms with Gasteiger partial charge in [-0.3, -0.25) is 0 Å². The fourth-order valence-corrected chi connectivity index (χ4v) is 1.59. The standard InChI is InChI=1S/C5H5.C2.Mo.2O/c1-2-4-5-3-1;1-2;;;/h1-3H,4H2;;;;/q;-2;+2;;. The molecule has 1 rings (SSSR count). The first-order valence-corrected chi connectivity index (χ1v) is 5.15. The van der Waals surface area contributed by atoms with Crippen LogP contribution in [0.25, 0.3) is 0 Å². The molecule has 51 valence electrons. The van der Waals surface area contributed by atoms with Gasteiger partial charge in [0.2, 0.25) is 0 Å². The molecule has 2 nitrogen and oxygen atoms in total. The summed E-state index contributed by atoms with van der Waals surface area (Å²) in [6.07, 6.45) is 15.9. The first-order chi connectivity index (χ1) is 4.80. The van der Waals surface area contributed by atoms with E-state index in [-0.39, 0.29) is 0 Å². The van der Waals surface area contributed by atoms with E-state index in [1.54, 1.807) is 12.2 Å². The number of hydrogen-bond donors (Lipinski definition) is 0. The minimum atomic E-state index is -3.19. The zero-order valence-corrected chi connectivity index (χ0v) is 7.17. The van der Waals surface area contributed by atoms with E-state index in [1.807, 2.05) is 6.08 Å². The third kappa shape index (κ3) is 2.75. The first kappa shape index (κ1) is 9.33. The Kier molecular flexibility index (Phi) is 4.79. The van der Waals surface area contributed by atoms with Crippen LogP contribution in [0.3, 0.4) is 0 Å². The van der Waals surface area contributed by atoms with Gasteiger partial charge in [0.1, 0.15) is 0 Å². The van der Waals surface area contributed by atoms with Crippen LogP contribution < -0.4 is 0 Å². The molecule has 1 aliphatic rings. The van der Waals surface area contributed by atoms with Gasteiger partial charge in [0.25, 0.3) is 0 Å². The molecule has 0 radical (unpaired) electrons. The van der Waals surface area contributed by atoms with Gasteiger partial charge in [0.05, 0.1) is 0 Å². The van der Waals surface area contributed by atoms with Crippen LogP contribution in [0, 0.1) is 12.8 Å². The maximum absolute atomic E-state index is 10.2. The van der Waals surface area contributed by atoms with Gasteiger partial charge in [-0.05, 0) is 0 Å². The van der Waals surface area contributed by atoms with Crippen molar-refractivity contribution >= 4 is 0 Å². The summed E-state index contributed by atoms with van der Waals surface area (Å²) in [5.74, 6) is 0. The van der Waals surface area contributed by atoms with Crippen LogP contribution in [0.2, 0.25) is 0 Å². The Morgan fingerprint density at radius 1 is 1.40 bits per heavy atom. The molecule has 0 aromatic rings. The van der Waals surface area contributed by atoms with Crippen molar-refractivity contribution in [2.75, 3.05) is 0 Å². The van der Waals surface area contributed by atoms with Crippen LogP contribution in [-0.2, 0) is 24.0 Å². The molecular formula is C7H5MoO2. The summed E-state index contributed by atoms with van der Waals surface area (Å²) in [6, 6.07) is 0. The summed E-state index contributed by atoms with van der Waals surface area (Å²) < 4.78 is 21.1. The molecule has 0 fully saturated rings. The van der Waals surface area contributed by atoms with Gasteiger partial charge in [0.15, 0.2) is 0 Å². The molecule has 0 heterocycles. The van der Waals surface area contributed by atoms with Gasteiger partial charge in [-0.25, -0.2) is 0 Å². The summed E-state index contributed by atoms with van der Waals surface area (Å²) in [4.78, 5) is 0. The summed E-state index contributed by atoms with van der Waals surface area (Å²) in [6.45, 7) is 0. The molecule has 0 saturated carbocycles. The number of rotatable bonds is 1.